The van der Waals surface area contributed by atoms with E-state index in [1.165, 1.54) is 12.8 Å². The summed E-state index contributed by atoms with van der Waals surface area (Å²) in [5, 5.41) is 1.07. The number of aromatic nitrogens is 1. The Bertz CT molecular complexity index is 635. The minimum Gasteiger partial charge on any atom is -0.396 e. The molecule has 3 rings (SSSR count). The zero-order valence-electron chi connectivity index (χ0n) is 12.2. The molecule has 0 spiro atoms. The van der Waals surface area contributed by atoms with E-state index in [-0.39, 0.29) is 0 Å². The minimum absolute atomic E-state index is 0.290. The number of hydrogen-bond donors (Lipinski definition) is 1. The molecule has 21 heavy (non-hydrogen) atoms. The van der Waals surface area contributed by atoms with Crippen LogP contribution < -0.4 is 10.6 Å². The normalized spacial score (nSPS) is 18.9. The Morgan fingerprint density at radius 3 is 3.05 bits per heavy atom. The molecule has 1 atom stereocenters. The van der Waals surface area contributed by atoms with Crippen molar-refractivity contribution in [3.05, 3.63) is 28.9 Å². The highest BCUT2D eigenvalue weighted by Gasteiger charge is 2.19. The first-order chi connectivity index (χ1) is 10.1. The summed E-state index contributed by atoms with van der Waals surface area (Å²) in [5.74, 6) is 0. The van der Waals surface area contributed by atoms with Crippen molar-refractivity contribution in [2.24, 2.45) is 0 Å². The molecule has 2 aromatic rings. The predicted molar refractivity (Wildman–Crippen MR) is 90.7 cm³/mol. The molecule has 1 aromatic heterocycles. The molecule has 1 aliphatic heterocycles. The number of anilines is 2. The van der Waals surface area contributed by atoms with E-state index in [1.54, 1.807) is 6.20 Å². The molecule has 2 heterocycles. The van der Waals surface area contributed by atoms with Gasteiger partial charge in [0, 0.05) is 30.1 Å². The van der Waals surface area contributed by atoms with E-state index < -0.39 is 0 Å². The second-order valence-corrected chi connectivity index (χ2v) is 6.51. The molecular weight excluding hydrogens is 330 g/mol. The van der Waals surface area contributed by atoms with Gasteiger partial charge in [-0.15, -0.1) is 0 Å². The van der Waals surface area contributed by atoms with Gasteiger partial charge in [0.15, 0.2) is 0 Å². The number of rotatable bonds is 3. The van der Waals surface area contributed by atoms with Gasteiger partial charge in [0.2, 0.25) is 0 Å². The summed E-state index contributed by atoms with van der Waals surface area (Å²) in [7, 11) is 2.07. The molecule has 2 N–H and O–H groups in total. The summed E-state index contributed by atoms with van der Waals surface area (Å²) in [6, 6.07) is 6.08. The third-order valence-electron chi connectivity index (χ3n) is 3.96. The quantitative estimate of drug-likeness (QED) is 0.919. The van der Waals surface area contributed by atoms with Crippen molar-refractivity contribution in [2.75, 3.05) is 30.8 Å². The van der Waals surface area contributed by atoms with E-state index in [0.29, 0.717) is 11.8 Å². The van der Waals surface area contributed by atoms with Crippen molar-refractivity contribution in [1.82, 2.24) is 4.98 Å². The highest BCUT2D eigenvalue weighted by Crippen LogP contribution is 2.33. The monoisotopic (exact) mass is 349 g/mol. The number of nitrogen functional groups attached to an aromatic ring is 1. The summed E-state index contributed by atoms with van der Waals surface area (Å²) in [6.45, 7) is 1.73. The number of nitrogens with zero attached hydrogens (tertiary/aromatic N) is 2. The van der Waals surface area contributed by atoms with E-state index in [1.807, 2.05) is 12.1 Å². The minimum atomic E-state index is 0.290. The highest BCUT2D eigenvalue weighted by atomic mass is 79.9. The molecule has 112 valence electrons. The SMILES string of the molecule is CN(CC1CCCCO1)c1c(N)cnc2ccc(Br)cc12. The van der Waals surface area contributed by atoms with E-state index in [2.05, 4.69) is 38.9 Å². The Morgan fingerprint density at radius 1 is 1.43 bits per heavy atom. The average molecular weight is 350 g/mol. The summed E-state index contributed by atoms with van der Waals surface area (Å²) in [5.41, 5.74) is 8.88. The molecule has 0 amide bonds. The molecule has 0 bridgehead atoms. The highest BCUT2D eigenvalue weighted by molar-refractivity contribution is 9.10. The van der Waals surface area contributed by atoms with E-state index in [4.69, 9.17) is 10.5 Å². The van der Waals surface area contributed by atoms with E-state index in [0.717, 1.165) is 40.6 Å². The van der Waals surface area contributed by atoms with Crippen LogP contribution in [0.25, 0.3) is 10.9 Å². The first-order valence-corrected chi connectivity index (χ1v) is 8.11. The molecule has 1 saturated heterocycles. The first kappa shape index (κ1) is 14.6. The lowest BCUT2D eigenvalue weighted by molar-refractivity contribution is 0.0216. The molecular formula is C16H20BrN3O. The van der Waals surface area contributed by atoms with Crippen molar-refractivity contribution >= 4 is 38.2 Å². The van der Waals surface area contributed by atoms with Gasteiger partial charge < -0.3 is 15.4 Å². The summed E-state index contributed by atoms with van der Waals surface area (Å²) < 4.78 is 6.87. The van der Waals surface area contributed by atoms with E-state index >= 15 is 0 Å². The third-order valence-corrected chi connectivity index (χ3v) is 4.46. The van der Waals surface area contributed by atoms with Gasteiger partial charge in [0.05, 0.1) is 29.2 Å². The number of likely N-dealkylation sites (N-methyl/N-ethyl adjacent to an activating group) is 1. The first-order valence-electron chi connectivity index (χ1n) is 7.31. The van der Waals surface area contributed by atoms with Crippen LogP contribution in [0.3, 0.4) is 0 Å². The standard InChI is InChI=1S/C16H20BrN3O/c1-20(10-12-4-2-3-7-21-12)16-13-8-11(17)5-6-15(13)19-9-14(16)18/h5-6,8-9,12H,2-4,7,10,18H2,1H3. The Morgan fingerprint density at radius 2 is 2.29 bits per heavy atom. The summed E-state index contributed by atoms with van der Waals surface area (Å²) in [4.78, 5) is 6.60. The van der Waals surface area contributed by atoms with Crippen LogP contribution in [0.4, 0.5) is 11.4 Å². The van der Waals surface area contributed by atoms with E-state index in [9.17, 15) is 0 Å². The fourth-order valence-corrected chi connectivity index (χ4v) is 3.30. The number of ether oxygens (including phenoxy) is 1. The number of pyridine rings is 1. The maximum Gasteiger partial charge on any atom is 0.0749 e. The molecule has 1 fully saturated rings. The van der Waals surface area contributed by atoms with Gasteiger partial charge >= 0.3 is 0 Å². The molecule has 1 aliphatic rings. The fourth-order valence-electron chi connectivity index (χ4n) is 2.94. The van der Waals surface area contributed by atoms with Gasteiger partial charge in [-0.1, -0.05) is 15.9 Å². The lowest BCUT2D eigenvalue weighted by Gasteiger charge is -2.30. The lowest BCUT2D eigenvalue weighted by Crippen LogP contribution is -2.33. The smallest absolute Gasteiger partial charge is 0.0749 e. The predicted octanol–water partition coefficient (Wildman–Crippen LogP) is 3.58. The molecule has 5 heteroatoms. The number of fused-ring (bicyclic) bond motifs is 1. The maximum absolute atomic E-state index is 6.18. The summed E-state index contributed by atoms with van der Waals surface area (Å²) >= 11 is 3.53. The molecule has 0 saturated carbocycles. The van der Waals surface area contributed by atoms with Crippen molar-refractivity contribution in [3.8, 4) is 0 Å². The maximum atomic E-state index is 6.18. The Kier molecular flexibility index (Phi) is 4.31. The molecule has 1 unspecified atom stereocenters. The van der Waals surface area contributed by atoms with Crippen LogP contribution in [0.1, 0.15) is 19.3 Å². The van der Waals surface area contributed by atoms with Crippen LogP contribution >= 0.6 is 15.9 Å². The van der Waals surface area contributed by atoms with Gasteiger partial charge in [-0.05, 0) is 37.5 Å². The fraction of sp³-hybridized carbons (Fsp3) is 0.438. The largest absolute Gasteiger partial charge is 0.396 e. The number of benzene rings is 1. The Hall–Kier alpha value is -1.33. The van der Waals surface area contributed by atoms with Gasteiger partial charge in [0.1, 0.15) is 0 Å². The summed E-state index contributed by atoms with van der Waals surface area (Å²) in [6.07, 6.45) is 5.57. The van der Waals surface area contributed by atoms with Crippen LogP contribution in [0, 0.1) is 0 Å². The van der Waals surface area contributed by atoms with Gasteiger partial charge in [-0.25, -0.2) is 0 Å². The second kappa shape index (κ2) is 6.20. The Labute approximate surface area is 133 Å². The van der Waals surface area contributed by atoms with Crippen molar-refractivity contribution in [3.63, 3.8) is 0 Å². The Balaban J connectivity index is 1.93. The zero-order chi connectivity index (χ0) is 14.8. The van der Waals surface area contributed by atoms with Crippen LogP contribution in [0.2, 0.25) is 0 Å². The lowest BCUT2D eigenvalue weighted by atomic mass is 10.1. The second-order valence-electron chi connectivity index (χ2n) is 5.59. The van der Waals surface area contributed by atoms with Gasteiger partial charge in [0.25, 0.3) is 0 Å². The number of halogens is 1. The topological polar surface area (TPSA) is 51.4 Å². The van der Waals surface area contributed by atoms with Crippen molar-refractivity contribution < 1.29 is 4.74 Å². The molecule has 0 radical (unpaired) electrons. The third kappa shape index (κ3) is 3.14. The van der Waals surface area contributed by atoms with Crippen LogP contribution in [-0.2, 0) is 4.74 Å². The molecule has 0 aliphatic carbocycles. The van der Waals surface area contributed by atoms with Crippen LogP contribution in [0.5, 0.6) is 0 Å². The van der Waals surface area contributed by atoms with Crippen molar-refractivity contribution in [2.45, 2.75) is 25.4 Å². The zero-order valence-corrected chi connectivity index (χ0v) is 13.8. The van der Waals surface area contributed by atoms with Crippen molar-refractivity contribution in [1.29, 1.82) is 0 Å². The van der Waals surface area contributed by atoms with Gasteiger partial charge in [-0.3, -0.25) is 4.98 Å². The van der Waals surface area contributed by atoms with Gasteiger partial charge in [-0.2, -0.15) is 0 Å². The number of hydrogen-bond acceptors (Lipinski definition) is 4. The van der Waals surface area contributed by atoms with Crippen LogP contribution in [0.15, 0.2) is 28.9 Å². The molecule has 4 nitrogen and oxygen atoms in total. The number of nitrogens with two attached hydrogens (primary N) is 1. The average Bonchev–Trinajstić information content (AvgIpc) is 2.47. The molecule has 1 aromatic carbocycles. The van der Waals surface area contributed by atoms with Crippen LogP contribution in [-0.4, -0.2) is 31.3 Å².